The molecule has 2 rings (SSSR count). The Morgan fingerprint density at radius 2 is 2.33 bits per heavy atom. The van der Waals surface area contributed by atoms with E-state index in [1.165, 1.54) is 15.6 Å². The predicted octanol–water partition coefficient (Wildman–Crippen LogP) is 1.65. The molecular formula is C13H23N3OS. The SMILES string of the molecule is COCCNCc1nc2c(s1)CN(C(C)C)CC2. The monoisotopic (exact) mass is 269 g/mol. The standard InChI is InChI=1S/C13H23N3OS/c1-10(2)16-6-4-11-12(9-16)18-13(15-11)8-14-5-7-17-3/h10,14H,4-9H2,1-3H3. The molecule has 18 heavy (non-hydrogen) atoms. The predicted molar refractivity (Wildman–Crippen MR) is 74.9 cm³/mol. The number of nitrogens with one attached hydrogen (secondary N) is 1. The molecule has 0 unspecified atom stereocenters. The van der Waals surface area contributed by atoms with Crippen LogP contribution in [0.15, 0.2) is 0 Å². The molecular weight excluding hydrogens is 246 g/mol. The summed E-state index contributed by atoms with van der Waals surface area (Å²) >= 11 is 1.86. The Labute approximate surface area is 113 Å². The molecule has 1 aromatic heterocycles. The topological polar surface area (TPSA) is 37.4 Å². The van der Waals surface area contributed by atoms with Gasteiger partial charge in [-0.2, -0.15) is 0 Å². The third-order valence-electron chi connectivity index (χ3n) is 3.29. The molecule has 0 bridgehead atoms. The van der Waals surface area contributed by atoms with Crippen molar-refractivity contribution in [3.63, 3.8) is 0 Å². The van der Waals surface area contributed by atoms with Gasteiger partial charge in [-0.15, -0.1) is 11.3 Å². The molecule has 5 heteroatoms. The fourth-order valence-corrected chi connectivity index (χ4v) is 3.27. The van der Waals surface area contributed by atoms with Crippen LogP contribution >= 0.6 is 11.3 Å². The first-order chi connectivity index (χ1) is 8.70. The smallest absolute Gasteiger partial charge is 0.107 e. The fraction of sp³-hybridized carbons (Fsp3) is 0.769. The van der Waals surface area contributed by atoms with Crippen LogP contribution < -0.4 is 5.32 Å². The number of thiazole rings is 1. The van der Waals surface area contributed by atoms with E-state index in [0.29, 0.717) is 6.04 Å². The summed E-state index contributed by atoms with van der Waals surface area (Å²) in [4.78, 5) is 8.70. The molecule has 1 aliphatic heterocycles. The Balaban J connectivity index is 1.89. The zero-order chi connectivity index (χ0) is 13.0. The Kier molecular flexibility index (Phi) is 5.12. The quantitative estimate of drug-likeness (QED) is 0.797. The van der Waals surface area contributed by atoms with Gasteiger partial charge in [0.25, 0.3) is 0 Å². The molecule has 0 spiro atoms. The van der Waals surface area contributed by atoms with E-state index >= 15 is 0 Å². The minimum Gasteiger partial charge on any atom is -0.383 e. The molecule has 1 N–H and O–H groups in total. The number of aromatic nitrogens is 1. The fourth-order valence-electron chi connectivity index (χ4n) is 2.15. The first-order valence-electron chi connectivity index (χ1n) is 6.62. The van der Waals surface area contributed by atoms with Crippen LogP contribution in [0.5, 0.6) is 0 Å². The van der Waals surface area contributed by atoms with Gasteiger partial charge in [-0.1, -0.05) is 0 Å². The highest BCUT2D eigenvalue weighted by Gasteiger charge is 2.21. The van der Waals surface area contributed by atoms with Crippen molar-refractivity contribution in [3.8, 4) is 0 Å². The third kappa shape index (κ3) is 3.51. The average Bonchev–Trinajstić information content (AvgIpc) is 2.76. The van der Waals surface area contributed by atoms with E-state index in [4.69, 9.17) is 9.72 Å². The molecule has 0 amide bonds. The van der Waals surface area contributed by atoms with Gasteiger partial charge in [-0.05, 0) is 13.8 Å². The summed E-state index contributed by atoms with van der Waals surface area (Å²) in [7, 11) is 1.73. The van der Waals surface area contributed by atoms with E-state index in [2.05, 4.69) is 24.1 Å². The van der Waals surface area contributed by atoms with E-state index in [-0.39, 0.29) is 0 Å². The van der Waals surface area contributed by atoms with Crippen molar-refractivity contribution in [2.75, 3.05) is 26.8 Å². The second-order valence-corrected chi connectivity index (χ2v) is 6.13. The average molecular weight is 269 g/mol. The van der Waals surface area contributed by atoms with Gasteiger partial charge in [0.1, 0.15) is 5.01 Å². The van der Waals surface area contributed by atoms with Gasteiger partial charge in [0, 0.05) is 50.6 Å². The number of rotatable bonds is 6. The normalized spacial score (nSPS) is 16.2. The summed E-state index contributed by atoms with van der Waals surface area (Å²) in [5.41, 5.74) is 1.32. The summed E-state index contributed by atoms with van der Waals surface area (Å²) in [6.07, 6.45) is 1.10. The van der Waals surface area contributed by atoms with E-state index in [0.717, 1.165) is 39.2 Å². The molecule has 0 saturated heterocycles. The number of hydrogen-bond donors (Lipinski definition) is 1. The lowest BCUT2D eigenvalue weighted by atomic mass is 10.1. The van der Waals surface area contributed by atoms with Crippen molar-refractivity contribution < 1.29 is 4.74 Å². The highest BCUT2D eigenvalue weighted by atomic mass is 32.1. The Bertz CT molecular complexity index is 378. The van der Waals surface area contributed by atoms with Gasteiger partial charge < -0.3 is 10.1 Å². The van der Waals surface area contributed by atoms with Crippen LogP contribution in [0, 0.1) is 0 Å². The van der Waals surface area contributed by atoms with Crippen LogP contribution in [0.25, 0.3) is 0 Å². The molecule has 0 fully saturated rings. The molecule has 4 nitrogen and oxygen atoms in total. The first-order valence-corrected chi connectivity index (χ1v) is 7.43. The Morgan fingerprint density at radius 3 is 3.06 bits per heavy atom. The lowest BCUT2D eigenvalue weighted by Crippen LogP contribution is -2.35. The Morgan fingerprint density at radius 1 is 1.50 bits per heavy atom. The van der Waals surface area contributed by atoms with E-state index in [1.54, 1.807) is 7.11 Å². The maximum atomic E-state index is 5.02. The summed E-state index contributed by atoms with van der Waals surface area (Å²) in [6.45, 7) is 9.25. The van der Waals surface area contributed by atoms with Crippen molar-refractivity contribution in [2.24, 2.45) is 0 Å². The van der Waals surface area contributed by atoms with Crippen LogP contribution in [0.1, 0.15) is 29.4 Å². The summed E-state index contributed by atoms with van der Waals surface area (Å²) < 4.78 is 5.02. The zero-order valence-corrected chi connectivity index (χ0v) is 12.3. The van der Waals surface area contributed by atoms with Gasteiger partial charge in [0.05, 0.1) is 12.3 Å². The molecule has 102 valence electrons. The lowest BCUT2D eigenvalue weighted by molar-refractivity contribution is 0.199. The van der Waals surface area contributed by atoms with Crippen LogP contribution in [0.2, 0.25) is 0 Å². The minimum absolute atomic E-state index is 0.628. The van der Waals surface area contributed by atoms with Crippen molar-refractivity contribution in [1.29, 1.82) is 0 Å². The number of methoxy groups -OCH3 is 1. The van der Waals surface area contributed by atoms with Crippen molar-refractivity contribution in [3.05, 3.63) is 15.6 Å². The molecule has 2 heterocycles. The highest BCUT2D eigenvalue weighted by molar-refractivity contribution is 7.11. The number of nitrogens with zero attached hydrogens (tertiary/aromatic N) is 2. The van der Waals surface area contributed by atoms with Gasteiger partial charge in [-0.25, -0.2) is 4.98 Å². The lowest BCUT2D eigenvalue weighted by Gasteiger charge is -2.29. The zero-order valence-electron chi connectivity index (χ0n) is 11.5. The Hall–Kier alpha value is -0.490. The molecule has 0 aliphatic carbocycles. The molecule has 0 radical (unpaired) electrons. The second-order valence-electron chi connectivity index (χ2n) is 4.96. The van der Waals surface area contributed by atoms with Gasteiger partial charge in [0.2, 0.25) is 0 Å². The molecule has 0 saturated carbocycles. The summed E-state index contributed by atoms with van der Waals surface area (Å²) in [6, 6.07) is 0.628. The summed E-state index contributed by atoms with van der Waals surface area (Å²) in [5, 5.41) is 4.56. The maximum absolute atomic E-state index is 5.02. The molecule has 0 atom stereocenters. The minimum atomic E-state index is 0.628. The van der Waals surface area contributed by atoms with Crippen molar-refractivity contribution in [2.45, 2.75) is 39.4 Å². The van der Waals surface area contributed by atoms with Crippen molar-refractivity contribution >= 4 is 11.3 Å². The van der Waals surface area contributed by atoms with Gasteiger partial charge >= 0.3 is 0 Å². The third-order valence-corrected chi connectivity index (χ3v) is 4.38. The number of hydrogen-bond acceptors (Lipinski definition) is 5. The maximum Gasteiger partial charge on any atom is 0.107 e. The van der Waals surface area contributed by atoms with E-state index < -0.39 is 0 Å². The largest absolute Gasteiger partial charge is 0.383 e. The first kappa shape index (κ1) is 13.9. The van der Waals surface area contributed by atoms with Crippen molar-refractivity contribution in [1.82, 2.24) is 15.2 Å². The highest BCUT2D eigenvalue weighted by Crippen LogP contribution is 2.26. The van der Waals surface area contributed by atoms with Crippen LogP contribution in [-0.2, 0) is 24.2 Å². The van der Waals surface area contributed by atoms with Gasteiger partial charge in [0.15, 0.2) is 0 Å². The molecule has 1 aromatic rings. The number of ether oxygens (including phenoxy) is 1. The van der Waals surface area contributed by atoms with E-state index in [9.17, 15) is 0 Å². The van der Waals surface area contributed by atoms with Crippen LogP contribution in [0.3, 0.4) is 0 Å². The van der Waals surface area contributed by atoms with E-state index in [1.807, 2.05) is 11.3 Å². The summed E-state index contributed by atoms with van der Waals surface area (Å²) in [5.74, 6) is 0. The molecule has 1 aliphatic rings. The number of fused-ring (bicyclic) bond motifs is 1. The second kappa shape index (κ2) is 6.61. The molecule has 0 aromatic carbocycles. The van der Waals surface area contributed by atoms with Gasteiger partial charge in [-0.3, -0.25) is 4.90 Å². The van der Waals surface area contributed by atoms with Crippen LogP contribution in [-0.4, -0.2) is 42.7 Å². The van der Waals surface area contributed by atoms with Crippen LogP contribution in [0.4, 0.5) is 0 Å².